The Labute approximate surface area is 161 Å². The Morgan fingerprint density at radius 1 is 1.00 bits per heavy atom. The summed E-state index contributed by atoms with van der Waals surface area (Å²) < 4.78 is 24.4. The van der Waals surface area contributed by atoms with Gasteiger partial charge < -0.3 is 9.05 Å². The van der Waals surface area contributed by atoms with Crippen LogP contribution in [0.2, 0.25) is 0 Å². The van der Waals surface area contributed by atoms with Crippen LogP contribution in [0.1, 0.15) is 20.8 Å². The summed E-state index contributed by atoms with van der Waals surface area (Å²) in [5, 5.41) is 3.02. The SMILES string of the molecule is C/C(=C\P1(=O)OCC(C)(C)CO1)P(=S)(c1ccccc1)c1ccccc1. The van der Waals surface area contributed by atoms with E-state index in [-0.39, 0.29) is 5.41 Å². The molecule has 0 bridgehead atoms. The fourth-order valence-corrected chi connectivity index (χ4v) is 9.09. The van der Waals surface area contributed by atoms with E-state index < -0.39 is 13.6 Å². The van der Waals surface area contributed by atoms with Crippen molar-refractivity contribution in [2.24, 2.45) is 5.41 Å². The molecule has 3 nitrogen and oxygen atoms in total. The Hall–Kier alpha value is -1.02. The minimum Gasteiger partial charge on any atom is -0.305 e. The zero-order valence-electron chi connectivity index (χ0n) is 15.3. The lowest BCUT2D eigenvalue weighted by Crippen LogP contribution is -2.29. The predicted molar refractivity (Wildman–Crippen MR) is 113 cm³/mol. The summed E-state index contributed by atoms with van der Waals surface area (Å²) >= 11 is 6.23. The highest BCUT2D eigenvalue weighted by atomic mass is 32.4. The molecule has 0 unspecified atom stereocenters. The van der Waals surface area contributed by atoms with Crippen LogP contribution in [0.25, 0.3) is 0 Å². The molecule has 2 aromatic rings. The fourth-order valence-electron chi connectivity index (χ4n) is 2.83. The Morgan fingerprint density at radius 3 is 1.85 bits per heavy atom. The number of benzene rings is 2. The van der Waals surface area contributed by atoms with E-state index in [0.29, 0.717) is 13.2 Å². The molecule has 1 aliphatic rings. The molecule has 3 rings (SSSR count). The van der Waals surface area contributed by atoms with Crippen molar-refractivity contribution in [1.29, 1.82) is 0 Å². The number of hydrogen-bond donors (Lipinski definition) is 0. The summed E-state index contributed by atoms with van der Waals surface area (Å²) in [6, 6.07) is 17.8. The minimum absolute atomic E-state index is 0.130. The molecule has 1 aliphatic heterocycles. The Bertz CT molecular complexity index is 834. The Morgan fingerprint density at radius 2 is 1.42 bits per heavy atom. The van der Waals surface area contributed by atoms with E-state index in [9.17, 15) is 4.57 Å². The van der Waals surface area contributed by atoms with Crippen molar-refractivity contribution >= 4 is 36.0 Å². The smallest absolute Gasteiger partial charge is 0.305 e. The second-order valence-corrected chi connectivity index (χ2v) is 13.8. The third-order valence-electron chi connectivity index (χ3n) is 4.35. The summed E-state index contributed by atoms with van der Waals surface area (Å²) in [4.78, 5) is 0. The summed E-state index contributed by atoms with van der Waals surface area (Å²) in [5.41, 5.74) is -0.130. The van der Waals surface area contributed by atoms with E-state index in [1.165, 1.54) is 0 Å². The summed E-state index contributed by atoms with van der Waals surface area (Å²) in [5.74, 6) is 1.66. The Balaban J connectivity index is 2.06. The molecule has 0 N–H and O–H groups in total. The van der Waals surface area contributed by atoms with Crippen molar-refractivity contribution < 1.29 is 13.6 Å². The normalized spacial score (nSPS) is 19.9. The van der Waals surface area contributed by atoms with E-state index >= 15 is 0 Å². The van der Waals surface area contributed by atoms with Crippen molar-refractivity contribution in [2.45, 2.75) is 20.8 Å². The second-order valence-electron chi connectivity index (χ2n) is 7.30. The van der Waals surface area contributed by atoms with Crippen LogP contribution in [0.3, 0.4) is 0 Å². The van der Waals surface area contributed by atoms with Gasteiger partial charge >= 0.3 is 7.60 Å². The first-order valence-corrected chi connectivity index (χ1v) is 13.0. The lowest BCUT2D eigenvalue weighted by molar-refractivity contribution is 0.0457. The van der Waals surface area contributed by atoms with Gasteiger partial charge in [0.15, 0.2) is 0 Å². The second kappa shape index (κ2) is 7.54. The molecule has 0 amide bonds. The summed E-state index contributed by atoms with van der Waals surface area (Å²) in [6.07, 6.45) is 0. The van der Waals surface area contributed by atoms with Crippen molar-refractivity contribution in [3.8, 4) is 0 Å². The van der Waals surface area contributed by atoms with Crippen LogP contribution in [0.4, 0.5) is 0 Å². The van der Waals surface area contributed by atoms with Gasteiger partial charge in [-0.1, -0.05) is 86.3 Å². The highest BCUT2D eigenvalue weighted by Gasteiger charge is 2.36. The monoisotopic (exact) mass is 406 g/mol. The molecule has 1 fully saturated rings. The number of hydrogen-bond acceptors (Lipinski definition) is 4. The van der Waals surface area contributed by atoms with Crippen LogP contribution in [0, 0.1) is 5.41 Å². The molecular weight excluding hydrogens is 382 g/mol. The third-order valence-corrected chi connectivity index (χ3v) is 11.5. The van der Waals surface area contributed by atoms with E-state index in [2.05, 4.69) is 0 Å². The van der Waals surface area contributed by atoms with Crippen LogP contribution in [-0.4, -0.2) is 13.2 Å². The highest BCUT2D eigenvalue weighted by Crippen LogP contribution is 2.61. The van der Waals surface area contributed by atoms with Gasteiger partial charge in [0.2, 0.25) is 0 Å². The van der Waals surface area contributed by atoms with Gasteiger partial charge in [-0.2, -0.15) is 0 Å². The van der Waals surface area contributed by atoms with Gasteiger partial charge in [-0.3, -0.25) is 4.57 Å². The molecule has 26 heavy (non-hydrogen) atoms. The molecule has 1 saturated heterocycles. The zero-order chi connectivity index (χ0) is 18.8. The maximum absolute atomic E-state index is 13.1. The highest BCUT2D eigenvalue weighted by molar-refractivity contribution is 8.24. The van der Waals surface area contributed by atoms with Crippen LogP contribution in [-0.2, 0) is 25.4 Å². The minimum atomic E-state index is -3.29. The van der Waals surface area contributed by atoms with Gasteiger partial charge in [0.05, 0.1) is 13.2 Å². The molecule has 0 aromatic heterocycles. The molecule has 0 saturated carbocycles. The maximum atomic E-state index is 13.1. The number of rotatable bonds is 4. The van der Waals surface area contributed by atoms with Crippen molar-refractivity contribution in [1.82, 2.24) is 0 Å². The van der Waals surface area contributed by atoms with Gasteiger partial charge in [-0.25, -0.2) is 0 Å². The van der Waals surface area contributed by atoms with E-state index in [1.807, 2.05) is 81.4 Å². The zero-order valence-corrected chi connectivity index (χ0v) is 17.9. The maximum Gasteiger partial charge on any atom is 0.354 e. The molecular formula is C20H24O3P2S. The van der Waals surface area contributed by atoms with Gasteiger partial charge in [0, 0.05) is 17.3 Å². The first-order valence-electron chi connectivity index (χ1n) is 8.55. The lowest BCUT2D eigenvalue weighted by Gasteiger charge is -2.33. The lowest BCUT2D eigenvalue weighted by atomic mass is 9.97. The third kappa shape index (κ3) is 4.11. The predicted octanol–water partition coefficient (Wildman–Crippen LogP) is 5.24. The van der Waals surface area contributed by atoms with Gasteiger partial charge in [0.1, 0.15) is 0 Å². The average molecular weight is 406 g/mol. The standard InChI is InChI=1S/C20H24O3P2S/c1-17(14-24(21)22-15-20(2,3)16-23-24)25(26,18-10-6-4-7-11-18)19-12-8-5-9-13-19/h4-14H,15-16H2,1-3H3/b17-14+. The average Bonchev–Trinajstić information content (AvgIpc) is 2.65. The molecule has 6 heteroatoms. The quantitative estimate of drug-likeness (QED) is 0.650. The summed E-state index contributed by atoms with van der Waals surface area (Å²) in [7, 11) is -3.29. The first-order chi connectivity index (χ1) is 12.3. The topological polar surface area (TPSA) is 35.5 Å². The number of allylic oxidation sites excluding steroid dienone is 1. The fraction of sp³-hybridized carbons (Fsp3) is 0.300. The van der Waals surface area contributed by atoms with Crippen molar-refractivity contribution in [3.63, 3.8) is 0 Å². The van der Waals surface area contributed by atoms with Gasteiger partial charge in [-0.05, 0) is 22.8 Å². The molecule has 1 heterocycles. The molecule has 0 aliphatic carbocycles. The summed E-state index contributed by atoms with van der Waals surface area (Å²) in [6.45, 7) is 6.84. The van der Waals surface area contributed by atoms with Gasteiger partial charge in [0.25, 0.3) is 0 Å². The first kappa shape index (κ1) is 19.7. The van der Waals surface area contributed by atoms with E-state index in [0.717, 1.165) is 15.9 Å². The Kier molecular flexibility index (Phi) is 5.72. The molecule has 2 aromatic carbocycles. The van der Waals surface area contributed by atoms with E-state index in [4.69, 9.17) is 20.9 Å². The molecule has 0 radical (unpaired) electrons. The van der Waals surface area contributed by atoms with Crippen molar-refractivity contribution in [2.75, 3.05) is 13.2 Å². The molecule has 0 atom stereocenters. The van der Waals surface area contributed by atoms with Gasteiger partial charge in [-0.15, -0.1) is 0 Å². The van der Waals surface area contributed by atoms with E-state index in [1.54, 1.807) is 5.82 Å². The molecule has 0 spiro atoms. The largest absolute Gasteiger partial charge is 0.354 e. The molecule has 138 valence electrons. The van der Waals surface area contributed by atoms with Crippen LogP contribution >= 0.6 is 13.6 Å². The van der Waals surface area contributed by atoms with Crippen LogP contribution < -0.4 is 10.6 Å². The van der Waals surface area contributed by atoms with Crippen LogP contribution in [0.5, 0.6) is 0 Å². The van der Waals surface area contributed by atoms with Crippen LogP contribution in [0.15, 0.2) is 71.8 Å². The van der Waals surface area contributed by atoms with Crippen molar-refractivity contribution in [3.05, 3.63) is 71.8 Å².